The Morgan fingerprint density at radius 1 is 1.31 bits per heavy atom. The summed E-state index contributed by atoms with van der Waals surface area (Å²) in [5.41, 5.74) is 9.92. The minimum atomic E-state index is 0.829. The van der Waals surface area contributed by atoms with E-state index in [0.717, 1.165) is 22.5 Å². The molecule has 1 aromatic heterocycles. The Morgan fingerprint density at radius 3 is 2.69 bits per heavy atom. The summed E-state index contributed by atoms with van der Waals surface area (Å²) in [6.07, 6.45) is 0. The average Bonchev–Trinajstić information content (AvgIpc) is 2.31. The van der Waals surface area contributed by atoms with E-state index >= 15 is 0 Å². The SMILES string of the molecule is Cc1cc2c(C)nn(C)c2cc1N. The lowest BCUT2D eigenvalue weighted by atomic mass is 10.1. The van der Waals surface area contributed by atoms with Crippen LogP contribution in [0, 0.1) is 13.8 Å². The molecule has 2 N–H and O–H groups in total. The molecule has 2 aromatic rings. The molecule has 0 bridgehead atoms. The van der Waals surface area contributed by atoms with Crippen LogP contribution >= 0.6 is 0 Å². The van der Waals surface area contributed by atoms with Crippen LogP contribution in [0.1, 0.15) is 11.3 Å². The Hall–Kier alpha value is -1.51. The van der Waals surface area contributed by atoms with Crippen LogP contribution in [0.3, 0.4) is 0 Å². The van der Waals surface area contributed by atoms with E-state index in [2.05, 4.69) is 11.2 Å². The predicted molar refractivity (Wildman–Crippen MR) is 54.6 cm³/mol. The molecule has 1 aromatic carbocycles. The fourth-order valence-corrected chi connectivity index (χ4v) is 1.60. The molecule has 13 heavy (non-hydrogen) atoms. The quantitative estimate of drug-likeness (QED) is 0.620. The number of hydrogen-bond donors (Lipinski definition) is 1. The lowest BCUT2D eigenvalue weighted by molar-refractivity contribution is 0.783. The topological polar surface area (TPSA) is 43.8 Å². The highest BCUT2D eigenvalue weighted by Gasteiger charge is 2.06. The van der Waals surface area contributed by atoms with Gasteiger partial charge in [0, 0.05) is 18.1 Å². The summed E-state index contributed by atoms with van der Waals surface area (Å²) in [5.74, 6) is 0. The van der Waals surface area contributed by atoms with Crippen molar-refractivity contribution < 1.29 is 0 Å². The standard InChI is InChI=1S/C10H13N3/c1-6-4-8-7(2)12-13(3)10(8)5-9(6)11/h4-5H,11H2,1-3H3. The van der Waals surface area contributed by atoms with E-state index in [0.29, 0.717) is 0 Å². The minimum Gasteiger partial charge on any atom is -0.398 e. The molecule has 2 rings (SSSR count). The van der Waals surface area contributed by atoms with Gasteiger partial charge in [-0.3, -0.25) is 4.68 Å². The first-order chi connectivity index (χ1) is 6.09. The lowest BCUT2D eigenvalue weighted by Crippen LogP contribution is -1.92. The second-order valence-electron chi connectivity index (χ2n) is 3.43. The molecule has 1 heterocycles. The van der Waals surface area contributed by atoms with Crippen LogP contribution in [0.15, 0.2) is 12.1 Å². The first-order valence-corrected chi connectivity index (χ1v) is 4.29. The second kappa shape index (κ2) is 2.49. The molecule has 0 unspecified atom stereocenters. The van der Waals surface area contributed by atoms with Gasteiger partial charge >= 0.3 is 0 Å². The van der Waals surface area contributed by atoms with Gasteiger partial charge in [-0.05, 0) is 31.5 Å². The third-order valence-electron chi connectivity index (χ3n) is 2.42. The van der Waals surface area contributed by atoms with Crippen molar-refractivity contribution in [3.05, 3.63) is 23.4 Å². The van der Waals surface area contributed by atoms with Gasteiger partial charge in [0.1, 0.15) is 0 Å². The van der Waals surface area contributed by atoms with Crippen molar-refractivity contribution in [2.45, 2.75) is 13.8 Å². The number of aryl methyl sites for hydroxylation is 3. The van der Waals surface area contributed by atoms with Gasteiger partial charge in [0.25, 0.3) is 0 Å². The fourth-order valence-electron chi connectivity index (χ4n) is 1.60. The van der Waals surface area contributed by atoms with Crippen LogP contribution in [0.5, 0.6) is 0 Å². The first kappa shape index (κ1) is 8.10. The Kier molecular flexibility index (Phi) is 1.55. The zero-order valence-corrected chi connectivity index (χ0v) is 8.13. The lowest BCUT2D eigenvalue weighted by Gasteiger charge is -2.00. The maximum absolute atomic E-state index is 5.82. The van der Waals surface area contributed by atoms with E-state index < -0.39 is 0 Å². The van der Waals surface area contributed by atoms with Crippen LogP contribution in [-0.4, -0.2) is 9.78 Å². The number of rotatable bonds is 0. The Morgan fingerprint density at radius 2 is 2.00 bits per heavy atom. The molecule has 0 saturated heterocycles. The van der Waals surface area contributed by atoms with Crippen molar-refractivity contribution in [3.63, 3.8) is 0 Å². The highest BCUT2D eigenvalue weighted by molar-refractivity contribution is 5.86. The number of nitrogen functional groups attached to an aromatic ring is 1. The first-order valence-electron chi connectivity index (χ1n) is 4.29. The number of benzene rings is 1. The zero-order chi connectivity index (χ0) is 9.59. The molecule has 0 atom stereocenters. The van der Waals surface area contributed by atoms with Crippen molar-refractivity contribution in [3.8, 4) is 0 Å². The van der Waals surface area contributed by atoms with Crippen molar-refractivity contribution in [2.24, 2.45) is 7.05 Å². The molecular formula is C10H13N3. The van der Waals surface area contributed by atoms with Crippen molar-refractivity contribution in [2.75, 3.05) is 5.73 Å². The highest BCUT2D eigenvalue weighted by Crippen LogP contribution is 2.23. The third kappa shape index (κ3) is 1.08. The van der Waals surface area contributed by atoms with E-state index in [1.165, 1.54) is 5.39 Å². The molecule has 0 fully saturated rings. The summed E-state index contributed by atoms with van der Waals surface area (Å²) in [6, 6.07) is 4.07. The van der Waals surface area contributed by atoms with E-state index in [1.807, 2.05) is 31.6 Å². The Balaban J connectivity index is 2.91. The van der Waals surface area contributed by atoms with E-state index in [9.17, 15) is 0 Å². The Labute approximate surface area is 77.2 Å². The fraction of sp³-hybridized carbons (Fsp3) is 0.300. The number of nitrogens with two attached hydrogens (primary N) is 1. The number of nitrogens with zero attached hydrogens (tertiary/aromatic N) is 2. The van der Waals surface area contributed by atoms with Gasteiger partial charge in [0.2, 0.25) is 0 Å². The zero-order valence-electron chi connectivity index (χ0n) is 8.13. The van der Waals surface area contributed by atoms with Gasteiger partial charge in [-0.25, -0.2) is 0 Å². The summed E-state index contributed by atoms with van der Waals surface area (Å²) < 4.78 is 1.86. The summed E-state index contributed by atoms with van der Waals surface area (Å²) in [4.78, 5) is 0. The normalized spacial score (nSPS) is 11.0. The predicted octanol–water partition coefficient (Wildman–Crippen LogP) is 1.77. The number of hydrogen-bond acceptors (Lipinski definition) is 2. The third-order valence-corrected chi connectivity index (χ3v) is 2.42. The monoisotopic (exact) mass is 175 g/mol. The van der Waals surface area contributed by atoms with Crippen molar-refractivity contribution in [1.29, 1.82) is 0 Å². The smallest absolute Gasteiger partial charge is 0.0702 e. The minimum absolute atomic E-state index is 0.829. The summed E-state index contributed by atoms with van der Waals surface area (Å²) in [6.45, 7) is 4.03. The second-order valence-corrected chi connectivity index (χ2v) is 3.43. The molecule has 3 nitrogen and oxygen atoms in total. The van der Waals surface area contributed by atoms with Gasteiger partial charge in [-0.15, -0.1) is 0 Å². The van der Waals surface area contributed by atoms with Crippen LogP contribution in [0.25, 0.3) is 10.9 Å². The summed E-state index contributed by atoms with van der Waals surface area (Å²) in [5, 5.41) is 5.52. The molecule has 0 radical (unpaired) electrons. The van der Waals surface area contributed by atoms with Gasteiger partial charge in [-0.2, -0.15) is 5.10 Å². The van der Waals surface area contributed by atoms with E-state index in [1.54, 1.807) is 0 Å². The molecule has 0 amide bonds. The molecule has 0 aliphatic heterocycles. The van der Waals surface area contributed by atoms with Crippen molar-refractivity contribution in [1.82, 2.24) is 9.78 Å². The molecule has 0 saturated carbocycles. The maximum atomic E-state index is 5.82. The molecule has 3 heteroatoms. The molecule has 0 aliphatic rings. The molecular weight excluding hydrogens is 162 g/mol. The van der Waals surface area contributed by atoms with Crippen LogP contribution in [0.2, 0.25) is 0 Å². The Bertz CT molecular complexity index is 426. The van der Waals surface area contributed by atoms with Crippen molar-refractivity contribution >= 4 is 16.6 Å². The molecule has 0 aliphatic carbocycles. The summed E-state index contributed by atoms with van der Waals surface area (Å²) in [7, 11) is 1.93. The van der Waals surface area contributed by atoms with Crippen LogP contribution < -0.4 is 5.73 Å². The van der Waals surface area contributed by atoms with Crippen LogP contribution in [-0.2, 0) is 7.05 Å². The number of aromatic nitrogens is 2. The van der Waals surface area contributed by atoms with E-state index in [4.69, 9.17) is 5.73 Å². The van der Waals surface area contributed by atoms with Gasteiger partial charge < -0.3 is 5.73 Å². The van der Waals surface area contributed by atoms with Gasteiger partial charge in [0.05, 0.1) is 11.2 Å². The largest absolute Gasteiger partial charge is 0.398 e. The number of anilines is 1. The summed E-state index contributed by atoms with van der Waals surface area (Å²) >= 11 is 0. The van der Waals surface area contributed by atoms with Crippen LogP contribution in [0.4, 0.5) is 5.69 Å². The molecule has 68 valence electrons. The highest BCUT2D eigenvalue weighted by atomic mass is 15.3. The number of fused-ring (bicyclic) bond motifs is 1. The maximum Gasteiger partial charge on any atom is 0.0702 e. The van der Waals surface area contributed by atoms with Gasteiger partial charge in [0.15, 0.2) is 0 Å². The molecule has 0 spiro atoms. The van der Waals surface area contributed by atoms with E-state index in [-0.39, 0.29) is 0 Å². The van der Waals surface area contributed by atoms with Gasteiger partial charge in [-0.1, -0.05) is 0 Å². The average molecular weight is 175 g/mol.